The van der Waals surface area contributed by atoms with Gasteiger partial charge < -0.3 is 15.5 Å². The van der Waals surface area contributed by atoms with Gasteiger partial charge in [-0.2, -0.15) is 9.49 Å². The third kappa shape index (κ3) is 5.26. The van der Waals surface area contributed by atoms with Crippen molar-refractivity contribution >= 4 is 11.6 Å². The van der Waals surface area contributed by atoms with Crippen LogP contribution in [0, 0.1) is 18.7 Å². The number of hydrogen-bond acceptors (Lipinski definition) is 5. The molecule has 0 unspecified atom stereocenters. The molecule has 2 aromatic heterocycles. The minimum absolute atomic E-state index is 0.0258. The molecule has 36 heavy (non-hydrogen) atoms. The SMILES string of the molecule is Cc1cc(F)c(C(=O)NC2CC2)cc1-n1cc(-c2cc(NC3CCN(C(C)C)CC3)cnc2F)cn1. The fourth-order valence-electron chi connectivity index (χ4n) is 4.69. The molecule has 0 spiro atoms. The van der Waals surface area contributed by atoms with Crippen molar-refractivity contribution in [1.29, 1.82) is 0 Å². The normalized spacial score (nSPS) is 16.9. The van der Waals surface area contributed by atoms with Crippen LogP contribution in [-0.2, 0) is 0 Å². The summed E-state index contributed by atoms with van der Waals surface area (Å²) in [4.78, 5) is 18.9. The lowest BCUT2D eigenvalue weighted by atomic mass is 10.0. The van der Waals surface area contributed by atoms with Gasteiger partial charge >= 0.3 is 0 Å². The van der Waals surface area contributed by atoms with Gasteiger partial charge in [0.15, 0.2) is 0 Å². The number of aromatic nitrogens is 3. The molecule has 2 aliphatic rings. The highest BCUT2D eigenvalue weighted by Crippen LogP contribution is 2.28. The Kier molecular flexibility index (Phi) is 6.75. The highest BCUT2D eigenvalue weighted by Gasteiger charge is 2.26. The third-order valence-corrected chi connectivity index (χ3v) is 7.05. The first-order valence-corrected chi connectivity index (χ1v) is 12.6. The molecule has 190 valence electrons. The Morgan fingerprint density at radius 3 is 2.50 bits per heavy atom. The van der Waals surface area contributed by atoms with Gasteiger partial charge in [0, 0.05) is 48.5 Å². The summed E-state index contributed by atoms with van der Waals surface area (Å²) in [5.74, 6) is -1.60. The number of anilines is 1. The van der Waals surface area contributed by atoms with Gasteiger partial charge in [0.25, 0.3) is 5.91 Å². The molecule has 1 aliphatic carbocycles. The quantitative estimate of drug-likeness (QED) is 0.466. The minimum Gasteiger partial charge on any atom is -0.381 e. The highest BCUT2D eigenvalue weighted by molar-refractivity contribution is 5.95. The summed E-state index contributed by atoms with van der Waals surface area (Å²) < 4.78 is 30.8. The highest BCUT2D eigenvalue weighted by atomic mass is 19.1. The number of carbonyl (C=O) groups is 1. The number of nitrogens with zero attached hydrogens (tertiary/aromatic N) is 4. The Morgan fingerprint density at radius 2 is 1.81 bits per heavy atom. The molecule has 1 aliphatic heterocycles. The maximum Gasteiger partial charge on any atom is 0.254 e. The zero-order chi connectivity index (χ0) is 25.4. The maximum atomic E-state index is 14.7. The first-order chi connectivity index (χ1) is 17.3. The topological polar surface area (TPSA) is 75.1 Å². The Morgan fingerprint density at radius 1 is 1.06 bits per heavy atom. The molecule has 1 amide bonds. The second-order valence-corrected chi connectivity index (χ2v) is 10.2. The smallest absolute Gasteiger partial charge is 0.254 e. The fourth-order valence-corrected chi connectivity index (χ4v) is 4.69. The van der Waals surface area contributed by atoms with Crippen molar-refractivity contribution in [3.63, 3.8) is 0 Å². The number of halogens is 2. The van der Waals surface area contributed by atoms with Gasteiger partial charge in [-0.25, -0.2) is 14.1 Å². The average Bonchev–Trinajstić information content (AvgIpc) is 3.53. The van der Waals surface area contributed by atoms with Crippen molar-refractivity contribution < 1.29 is 13.6 Å². The molecule has 0 radical (unpaired) electrons. The molecule has 7 nitrogen and oxygen atoms in total. The van der Waals surface area contributed by atoms with E-state index >= 15 is 0 Å². The molecule has 2 fully saturated rings. The molecule has 9 heteroatoms. The van der Waals surface area contributed by atoms with Crippen LogP contribution in [0.25, 0.3) is 16.8 Å². The van der Waals surface area contributed by atoms with Crippen molar-refractivity contribution in [2.75, 3.05) is 18.4 Å². The second kappa shape index (κ2) is 9.97. The molecular formula is C27H32F2N6O. The summed E-state index contributed by atoms with van der Waals surface area (Å²) in [5, 5.41) is 10.7. The summed E-state index contributed by atoms with van der Waals surface area (Å²) in [6.07, 6.45) is 8.61. The van der Waals surface area contributed by atoms with Crippen LogP contribution in [0.1, 0.15) is 55.5 Å². The number of nitrogens with one attached hydrogen (secondary N) is 2. The Hall–Kier alpha value is -3.33. The number of rotatable bonds is 7. The summed E-state index contributed by atoms with van der Waals surface area (Å²) in [7, 11) is 0. The van der Waals surface area contributed by atoms with E-state index in [1.54, 1.807) is 30.1 Å². The van der Waals surface area contributed by atoms with E-state index in [4.69, 9.17) is 0 Å². The van der Waals surface area contributed by atoms with Gasteiger partial charge in [-0.3, -0.25) is 4.79 Å². The van der Waals surface area contributed by atoms with Crippen LogP contribution in [-0.4, -0.2) is 56.8 Å². The van der Waals surface area contributed by atoms with Gasteiger partial charge in [0.2, 0.25) is 5.95 Å². The maximum absolute atomic E-state index is 14.7. The molecular weight excluding hydrogens is 462 g/mol. The summed E-state index contributed by atoms with van der Waals surface area (Å²) in [6, 6.07) is 5.55. The van der Waals surface area contributed by atoms with E-state index in [2.05, 4.69) is 39.5 Å². The molecule has 3 heterocycles. The van der Waals surface area contributed by atoms with Crippen LogP contribution in [0.4, 0.5) is 14.5 Å². The molecule has 0 bridgehead atoms. The van der Waals surface area contributed by atoms with Crippen molar-refractivity contribution in [1.82, 2.24) is 25.0 Å². The molecule has 2 N–H and O–H groups in total. The van der Waals surface area contributed by atoms with E-state index in [9.17, 15) is 13.6 Å². The van der Waals surface area contributed by atoms with E-state index in [1.165, 1.54) is 18.3 Å². The molecule has 0 atom stereocenters. The monoisotopic (exact) mass is 494 g/mol. The molecule has 1 saturated heterocycles. The van der Waals surface area contributed by atoms with Crippen LogP contribution >= 0.6 is 0 Å². The van der Waals surface area contributed by atoms with Gasteiger partial charge in [-0.1, -0.05) is 0 Å². The van der Waals surface area contributed by atoms with Crippen molar-refractivity contribution in [2.45, 2.75) is 64.6 Å². The predicted octanol–water partition coefficient (Wildman–Crippen LogP) is 4.70. The van der Waals surface area contributed by atoms with Crippen LogP contribution in [0.15, 0.2) is 36.8 Å². The van der Waals surface area contributed by atoms with E-state index in [-0.39, 0.29) is 11.6 Å². The molecule has 1 aromatic carbocycles. The lowest BCUT2D eigenvalue weighted by Crippen LogP contribution is -2.42. The van der Waals surface area contributed by atoms with Gasteiger partial charge in [0.1, 0.15) is 5.82 Å². The average molecular weight is 495 g/mol. The number of piperidine rings is 1. The van der Waals surface area contributed by atoms with Crippen LogP contribution in [0.2, 0.25) is 0 Å². The molecule has 1 saturated carbocycles. The number of hydrogen-bond donors (Lipinski definition) is 2. The van der Waals surface area contributed by atoms with E-state index < -0.39 is 17.7 Å². The number of likely N-dealkylation sites (tertiary alicyclic amines) is 1. The Bertz CT molecular complexity index is 1260. The lowest BCUT2D eigenvalue weighted by molar-refractivity contribution is 0.0947. The number of amides is 1. The summed E-state index contributed by atoms with van der Waals surface area (Å²) in [6.45, 7) is 8.23. The largest absolute Gasteiger partial charge is 0.381 e. The van der Waals surface area contributed by atoms with Gasteiger partial charge in [0.05, 0.1) is 29.3 Å². The van der Waals surface area contributed by atoms with Crippen LogP contribution < -0.4 is 10.6 Å². The second-order valence-electron chi connectivity index (χ2n) is 10.2. The molecule has 3 aromatic rings. The van der Waals surface area contributed by atoms with Crippen molar-refractivity contribution in [2.24, 2.45) is 0 Å². The zero-order valence-corrected chi connectivity index (χ0v) is 20.9. The number of carbonyl (C=O) groups excluding carboxylic acids is 1. The minimum atomic E-state index is -0.588. The van der Waals surface area contributed by atoms with Crippen LogP contribution in [0.3, 0.4) is 0 Å². The summed E-state index contributed by atoms with van der Waals surface area (Å²) >= 11 is 0. The first kappa shape index (κ1) is 24.4. The molecule has 5 rings (SSSR count). The van der Waals surface area contributed by atoms with E-state index in [0.29, 0.717) is 34.5 Å². The third-order valence-electron chi connectivity index (χ3n) is 7.05. The number of aryl methyl sites for hydroxylation is 1. The zero-order valence-electron chi connectivity index (χ0n) is 20.9. The van der Waals surface area contributed by atoms with Gasteiger partial charge in [-0.05, 0) is 70.2 Å². The standard InChI is InChI=1S/C27H32F2N6O/c1-16(2)34-8-6-20(7-9-34)32-21-11-22(26(29)30-14-21)18-13-31-35(15-18)25-12-23(24(28)10-17(25)3)27(36)33-19-4-5-19/h10-16,19-20,32H,4-9H2,1-3H3,(H,33,36). The first-order valence-electron chi connectivity index (χ1n) is 12.6. The number of benzene rings is 1. The van der Waals surface area contributed by atoms with Crippen molar-refractivity contribution in [3.05, 3.63) is 59.7 Å². The fraction of sp³-hybridized carbons (Fsp3) is 0.444. The lowest BCUT2D eigenvalue weighted by Gasteiger charge is -2.35. The van der Waals surface area contributed by atoms with Gasteiger partial charge in [-0.15, -0.1) is 0 Å². The van der Waals surface area contributed by atoms with E-state index in [1.807, 2.05) is 0 Å². The Labute approximate surface area is 209 Å². The summed E-state index contributed by atoms with van der Waals surface area (Å²) in [5.41, 5.74) is 2.79. The predicted molar refractivity (Wildman–Crippen MR) is 135 cm³/mol. The van der Waals surface area contributed by atoms with E-state index in [0.717, 1.165) is 44.5 Å². The van der Waals surface area contributed by atoms with Crippen molar-refractivity contribution in [3.8, 4) is 16.8 Å². The van der Waals surface area contributed by atoms with Crippen LogP contribution in [0.5, 0.6) is 0 Å². The number of pyridine rings is 1. The Balaban J connectivity index is 1.36.